The number of benzene rings is 7. The first-order valence-corrected chi connectivity index (χ1v) is 18.7. The van der Waals surface area contributed by atoms with Gasteiger partial charge in [0.25, 0.3) is 0 Å². The van der Waals surface area contributed by atoms with Gasteiger partial charge in [-0.1, -0.05) is 193 Å². The van der Waals surface area contributed by atoms with Gasteiger partial charge in [0.15, 0.2) is 0 Å². The number of allylic oxidation sites excluding steroid dienone is 1. The molecule has 257 valence electrons. The molecule has 3 radical (unpaired) electrons. The van der Waals surface area contributed by atoms with Crippen molar-refractivity contribution in [2.45, 2.75) is 32.1 Å². The van der Waals surface area contributed by atoms with Gasteiger partial charge in [-0.05, 0) is 57.3 Å². The maximum absolute atomic E-state index is 3.72. The van der Waals surface area contributed by atoms with Gasteiger partial charge in [-0.25, -0.2) is 0 Å². The van der Waals surface area contributed by atoms with Crippen molar-refractivity contribution >= 4 is 26.0 Å². The molecule has 0 bridgehead atoms. The van der Waals surface area contributed by atoms with Crippen LogP contribution in [-0.2, 0) is 32.6 Å². The summed E-state index contributed by atoms with van der Waals surface area (Å²) in [6.45, 7) is 2.29. The van der Waals surface area contributed by atoms with Crippen LogP contribution in [-0.4, -0.2) is 9.52 Å². The Balaban J connectivity index is 0.000000289. The molecule has 0 fully saturated rings. The van der Waals surface area contributed by atoms with E-state index in [-0.39, 0.29) is 56.9 Å². The molecule has 0 N–H and O–H groups in total. The Hall–Kier alpha value is -4.04. The molecule has 7 aromatic rings. The molecule has 9 rings (SSSR count). The van der Waals surface area contributed by atoms with Crippen LogP contribution in [0.25, 0.3) is 39.5 Å². The predicted octanol–water partition coefficient (Wildman–Crippen LogP) is 5.07. The van der Waals surface area contributed by atoms with Crippen LogP contribution < -0.4 is 35.2 Å². The third-order valence-electron chi connectivity index (χ3n) is 9.93. The van der Waals surface area contributed by atoms with Crippen LogP contribution >= 0.6 is 0 Å². The van der Waals surface area contributed by atoms with Gasteiger partial charge < -0.3 is 24.8 Å². The smallest absolute Gasteiger partial charge is 1.00 e. The van der Waals surface area contributed by atoms with Crippen LogP contribution in [0, 0.1) is 6.07 Å². The molecule has 0 nitrogen and oxygen atoms in total. The second-order valence-electron chi connectivity index (χ2n) is 13.1. The van der Waals surface area contributed by atoms with E-state index in [1.807, 2.05) is 0 Å². The molecule has 7 aromatic carbocycles. The van der Waals surface area contributed by atoms with Crippen LogP contribution in [0.2, 0.25) is 0 Å². The van der Waals surface area contributed by atoms with E-state index in [2.05, 4.69) is 189 Å². The van der Waals surface area contributed by atoms with E-state index in [0.717, 1.165) is 28.8 Å². The SMILES string of the molecule is CCCC1=Cc2c(-c3ccc(-c4ccccc4)cc3)cccc2C1c1[c-]ccc2c1Cc1ccccc1-2.[Cl-].[Cl-].[Zr+3].c1ccc([Si]c2ccccc2)cc1. The van der Waals surface area contributed by atoms with E-state index >= 15 is 0 Å². The Morgan fingerprint density at radius 1 is 0.566 bits per heavy atom. The van der Waals surface area contributed by atoms with Crippen LogP contribution in [0.1, 0.15) is 53.5 Å². The average Bonchev–Trinajstić information content (AvgIpc) is 3.75. The number of rotatable bonds is 7. The zero-order valence-electron chi connectivity index (χ0n) is 29.7. The molecular weight excluding hydrogens is 779 g/mol. The standard InChI is InChI=1S/C37H29.C12H10Si.2ClH.Zr/c1-2-10-29-24-35-30(27-21-19-26(20-22-27)25-11-4-3-5-12-25)15-8-17-33(35)37(29)34-18-9-16-32-31-14-7-6-13-28(31)23-36(32)34;1-3-7-11(8-4-1)13-12-9-5-2-6-10-12;;;/h3-9,11-17,19-22,24,37H,2,10,23H2,1H3;1-10H;2*1H;/q-1;;;;+3/p-2. The second kappa shape index (κ2) is 18.8. The quantitative estimate of drug-likeness (QED) is 0.156. The van der Waals surface area contributed by atoms with Crippen LogP contribution in [0.3, 0.4) is 0 Å². The number of hydrogen-bond acceptors (Lipinski definition) is 0. The maximum Gasteiger partial charge on any atom is 3.00 e. The fraction of sp³-hybridized carbons (Fsp3) is 0.102. The minimum Gasteiger partial charge on any atom is -1.00 e. The third kappa shape index (κ3) is 8.69. The average molecular weight is 818 g/mol. The van der Waals surface area contributed by atoms with Crippen molar-refractivity contribution in [3.63, 3.8) is 0 Å². The Kier molecular flexibility index (Phi) is 14.3. The molecule has 0 heterocycles. The third-order valence-corrected chi connectivity index (χ3v) is 11.2. The second-order valence-corrected chi connectivity index (χ2v) is 14.5. The zero-order valence-corrected chi connectivity index (χ0v) is 34.7. The summed E-state index contributed by atoms with van der Waals surface area (Å²) in [4.78, 5) is 0. The van der Waals surface area contributed by atoms with E-state index < -0.39 is 0 Å². The number of hydrogen-bond donors (Lipinski definition) is 0. The Morgan fingerprint density at radius 2 is 1.13 bits per heavy atom. The summed E-state index contributed by atoms with van der Waals surface area (Å²) in [6.07, 6.45) is 5.74. The minimum atomic E-state index is 0. The van der Waals surface area contributed by atoms with E-state index in [1.165, 1.54) is 77.1 Å². The summed E-state index contributed by atoms with van der Waals surface area (Å²) >= 11 is 0. The molecule has 0 saturated heterocycles. The molecule has 1 unspecified atom stereocenters. The molecule has 0 amide bonds. The molecule has 1 atom stereocenters. The molecule has 2 aliphatic carbocycles. The topological polar surface area (TPSA) is 0 Å². The van der Waals surface area contributed by atoms with Gasteiger partial charge in [-0.15, -0.1) is 16.7 Å². The molecule has 4 heteroatoms. The number of halogens is 2. The molecule has 0 aromatic heterocycles. The van der Waals surface area contributed by atoms with E-state index in [4.69, 9.17) is 0 Å². The monoisotopic (exact) mass is 815 g/mol. The van der Waals surface area contributed by atoms with Gasteiger partial charge in [0.1, 0.15) is 9.52 Å². The Morgan fingerprint density at radius 3 is 1.79 bits per heavy atom. The van der Waals surface area contributed by atoms with Gasteiger partial charge in [-0.2, -0.15) is 18.2 Å². The Labute approximate surface area is 349 Å². The first-order chi connectivity index (χ1) is 24.8. The van der Waals surface area contributed by atoms with Crippen molar-refractivity contribution < 1.29 is 51.0 Å². The first-order valence-electron chi connectivity index (χ1n) is 17.7. The first kappa shape index (κ1) is 40.2. The summed E-state index contributed by atoms with van der Waals surface area (Å²) in [5, 5.41) is 2.79. The molecule has 2 aliphatic rings. The van der Waals surface area contributed by atoms with Gasteiger partial charge in [0.2, 0.25) is 0 Å². The fourth-order valence-electron chi connectivity index (χ4n) is 7.62. The summed E-state index contributed by atoms with van der Waals surface area (Å²) < 4.78 is 0. The van der Waals surface area contributed by atoms with Crippen molar-refractivity contribution in [1.82, 2.24) is 0 Å². The Bertz CT molecular complexity index is 2230. The van der Waals surface area contributed by atoms with Crippen LogP contribution in [0.4, 0.5) is 0 Å². The van der Waals surface area contributed by atoms with E-state index in [9.17, 15) is 0 Å². The van der Waals surface area contributed by atoms with E-state index in [0.29, 0.717) is 0 Å². The maximum atomic E-state index is 3.72. The van der Waals surface area contributed by atoms with Crippen LogP contribution in [0.5, 0.6) is 0 Å². The van der Waals surface area contributed by atoms with Crippen molar-refractivity contribution in [2.24, 2.45) is 0 Å². The van der Waals surface area contributed by atoms with Gasteiger partial charge >= 0.3 is 26.2 Å². The molecule has 53 heavy (non-hydrogen) atoms. The fourth-order valence-corrected chi connectivity index (χ4v) is 8.67. The van der Waals surface area contributed by atoms with Crippen LogP contribution in [0.15, 0.2) is 175 Å². The summed E-state index contributed by atoms with van der Waals surface area (Å²) in [5.41, 5.74) is 16.5. The molecule has 0 aliphatic heterocycles. The normalized spacial score (nSPS) is 13.0. The van der Waals surface area contributed by atoms with Crippen molar-refractivity contribution in [2.75, 3.05) is 0 Å². The molecule has 0 spiro atoms. The molecular formula is C49H39Cl2SiZr. The molecule has 0 saturated carbocycles. The van der Waals surface area contributed by atoms with Gasteiger partial charge in [-0.3, -0.25) is 0 Å². The summed E-state index contributed by atoms with van der Waals surface area (Å²) in [6, 6.07) is 64.7. The minimum absolute atomic E-state index is 0. The van der Waals surface area contributed by atoms with Gasteiger partial charge in [0.05, 0.1) is 0 Å². The van der Waals surface area contributed by atoms with Crippen molar-refractivity contribution in [1.29, 1.82) is 0 Å². The predicted molar refractivity (Wildman–Crippen MR) is 213 cm³/mol. The van der Waals surface area contributed by atoms with Gasteiger partial charge in [0, 0.05) is 5.92 Å². The summed E-state index contributed by atoms with van der Waals surface area (Å²) in [5.74, 6) is 0.280. The zero-order chi connectivity index (χ0) is 33.7. The van der Waals surface area contributed by atoms with Crippen molar-refractivity contribution in [3.05, 3.63) is 209 Å². The number of fused-ring (bicyclic) bond motifs is 4. The largest absolute Gasteiger partial charge is 3.00 e. The van der Waals surface area contributed by atoms with E-state index in [1.54, 1.807) is 0 Å². The summed E-state index contributed by atoms with van der Waals surface area (Å²) in [7, 11) is 0.777. The van der Waals surface area contributed by atoms with Crippen molar-refractivity contribution in [3.8, 4) is 33.4 Å².